The maximum absolute atomic E-state index is 11.6. The van der Waals surface area contributed by atoms with Gasteiger partial charge in [-0.15, -0.1) is 0 Å². The Labute approximate surface area is 118 Å². The number of hydrogen-bond donors (Lipinski definition) is 1. The van der Waals surface area contributed by atoms with Crippen molar-refractivity contribution in [3.63, 3.8) is 0 Å². The Kier molecular flexibility index (Phi) is 4.35. The van der Waals surface area contributed by atoms with Gasteiger partial charge in [0.25, 0.3) is 0 Å². The van der Waals surface area contributed by atoms with Gasteiger partial charge in [0.1, 0.15) is 0 Å². The van der Waals surface area contributed by atoms with E-state index in [1.54, 1.807) is 12.3 Å². The van der Waals surface area contributed by atoms with Crippen LogP contribution in [0.25, 0.3) is 0 Å². The topological polar surface area (TPSA) is 51.2 Å². The van der Waals surface area contributed by atoms with Crippen LogP contribution in [0.2, 0.25) is 0 Å². The first-order valence-corrected chi connectivity index (χ1v) is 6.47. The van der Waals surface area contributed by atoms with Gasteiger partial charge in [0, 0.05) is 18.1 Å². The summed E-state index contributed by atoms with van der Waals surface area (Å²) in [6.45, 7) is 4.06. The van der Waals surface area contributed by atoms with Crippen molar-refractivity contribution in [1.82, 2.24) is 4.98 Å². The molecule has 1 N–H and O–H groups in total. The summed E-state index contributed by atoms with van der Waals surface area (Å²) in [6.07, 6.45) is 3.58. The van der Waals surface area contributed by atoms with Crippen molar-refractivity contribution >= 4 is 11.7 Å². The van der Waals surface area contributed by atoms with E-state index in [1.165, 1.54) is 7.11 Å². The third-order valence-electron chi connectivity index (χ3n) is 3.22. The first-order chi connectivity index (χ1) is 9.61. The van der Waals surface area contributed by atoms with Crippen LogP contribution < -0.4 is 5.32 Å². The van der Waals surface area contributed by atoms with E-state index in [1.807, 2.05) is 37.4 Å². The lowest BCUT2D eigenvalue weighted by atomic mass is 10.1. The maximum atomic E-state index is 11.6. The number of aryl methyl sites for hydroxylation is 1. The number of nitrogens with zero attached hydrogens (tertiary/aromatic N) is 1. The van der Waals surface area contributed by atoms with Gasteiger partial charge in [-0.2, -0.15) is 0 Å². The minimum atomic E-state index is -0.331. The molecule has 0 amide bonds. The maximum Gasteiger partial charge on any atom is 0.337 e. The van der Waals surface area contributed by atoms with Gasteiger partial charge in [-0.1, -0.05) is 12.1 Å². The van der Waals surface area contributed by atoms with Crippen molar-refractivity contribution in [2.75, 3.05) is 12.4 Å². The molecule has 0 bridgehead atoms. The van der Waals surface area contributed by atoms with E-state index < -0.39 is 0 Å². The number of anilines is 1. The molecule has 0 saturated heterocycles. The van der Waals surface area contributed by atoms with E-state index in [0.29, 0.717) is 5.56 Å². The molecule has 104 valence electrons. The van der Waals surface area contributed by atoms with Crippen molar-refractivity contribution in [1.29, 1.82) is 0 Å². The summed E-state index contributed by atoms with van der Waals surface area (Å²) in [5.74, 6) is -0.331. The molecule has 1 unspecified atom stereocenters. The Morgan fingerprint density at radius 1 is 1.35 bits per heavy atom. The second kappa shape index (κ2) is 6.19. The van der Waals surface area contributed by atoms with Crippen LogP contribution in [-0.2, 0) is 4.74 Å². The largest absolute Gasteiger partial charge is 0.465 e. The number of esters is 1. The third kappa shape index (κ3) is 3.15. The number of carbonyl (C=O) groups excluding carboxylic acids is 1. The van der Waals surface area contributed by atoms with Crippen LogP contribution in [0, 0.1) is 6.92 Å². The van der Waals surface area contributed by atoms with Crippen LogP contribution in [0.4, 0.5) is 5.69 Å². The molecule has 0 fully saturated rings. The molecular weight excluding hydrogens is 252 g/mol. The number of carbonyl (C=O) groups is 1. The summed E-state index contributed by atoms with van der Waals surface area (Å²) in [5, 5.41) is 3.40. The highest BCUT2D eigenvalue weighted by molar-refractivity contribution is 5.90. The zero-order chi connectivity index (χ0) is 14.5. The molecule has 20 heavy (non-hydrogen) atoms. The summed E-state index contributed by atoms with van der Waals surface area (Å²) >= 11 is 0. The van der Waals surface area contributed by atoms with Crippen LogP contribution in [0.1, 0.15) is 34.5 Å². The summed E-state index contributed by atoms with van der Waals surface area (Å²) in [6, 6.07) is 9.52. The fourth-order valence-corrected chi connectivity index (χ4v) is 1.97. The monoisotopic (exact) mass is 270 g/mol. The number of aromatic nitrogens is 1. The summed E-state index contributed by atoms with van der Waals surface area (Å²) < 4.78 is 4.74. The van der Waals surface area contributed by atoms with Crippen LogP contribution >= 0.6 is 0 Å². The molecule has 2 aromatic rings. The zero-order valence-corrected chi connectivity index (χ0v) is 11.9. The predicted octanol–water partition coefficient (Wildman–Crippen LogP) is 3.35. The molecule has 0 aliphatic rings. The lowest BCUT2D eigenvalue weighted by Crippen LogP contribution is -2.09. The average molecular weight is 270 g/mol. The Morgan fingerprint density at radius 2 is 2.15 bits per heavy atom. The Balaban J connectivity index is 2.22. The lowest BCUT2D eigenvalue weighted by molar-refractivity contribution is 0.0601. The fraction of sp³-hybridized carbons (Fsp3) is 0.250. The highest BCUT2D eigenvalue weighted by Crippen LogP contribution is 2.23. The highest BCUT2D eigenvalue weighted by Gasteiger charge is 2.11. The first kappa shape index (κ1) is 14.1. The number of pyridine rings is 1. The van der Waals surface area contributed by atoms with Crippen LogP contribution in [-0.4, -0.2) is 18.1 Å². The molecule has 0 saturated carbocycles. The van der Waals surface area contributed by atoms with E-state index in [-0.39, 0.29) is 12.0 Å². The number of benzene rings is 1. The summed E-state index contributed by atoms with van der Waals surface area (Å²) in [5.41, 5.74) is 3.63. The SMILES string of the molecule is COC(=O)c1ccc(C)c(NC(C)c2cccnc2)c1. The van der Waals surface area contributed by atoms with Gasteiger partial charge in [-0.05, 0) is 43.2 Å². The molecule has 4 nitrogen and oxygen atoms in total. The number of methoxy groups -OCH3 is 1. The normalized spacial score (nSPS) is 11.8. The van der Waals surface area contributed by atoms with Crippen LogP contribution in [0.15, 0.2) is 42.7 Å². The van der Waals surface area contributed by atoms with Gasteiger partial charge >= 0.3 is 5.97 Å². The van der Waals surface area contributed by atoms with Crippen molar-refractivity contribution in [3.8, 4) is 0 Å². The molecule has 4 heteroatoms. The van der Waals surface area contributed by atoms with Gasteiger partial charge in [-0.25, -0.2) is 4.79 Å². The van der Waals surface area contributed by atoms with Crippen molar-refractivity contribution in [2.24, 2.45) is 0 Å². The minimum Gasteiger partial charge on any atom is -0.465 e. The van der Waals surface area contributed by atoms with E-state index in [2.05, 4.69) is 17.2 Å². The van der Waals surface area contributed by atoms with Gasteiger partial charge in [0.15, 0.2) is 0 Å². The fourth-order valence-electron chi connectivity index (χ4n) is 1.97. The molecule has 2 rings (SSSR count). The quantitative estimate of drug-likeness (QED) is 0.866. The third-order valence-corrected chi connectivity index (χ3v) is 3.22. The minimum absolute atomic E-state index is 0.107. The number of ether oxygens (including phenoxy) is 1. The van der Waals surface area contributed by atoms with Gasteiger partial charge < -0.3 is 10.1 Å². The summed E-state index contributed by atoms with van der Waals surface area (Å²) in [4.78, 5) is 15.7. The van der Waals surface area contributed by atoms with Crippen molar-refractivity contribution in [3.05, 3.63) is 59.4 Å². The van der Waals surface area contributed by atoms with Gasteiger partial charge in [-0.3, -0.25) is 4.98 Å². The number of rotatable bonds is 4. The van der Waals surface area contributed by atoms with E-state index in [0.717, 1.165) is 16.8 Å². The smallest absolute Gasteiger partial charge is 0.337 e. The highest BCUT2D eigenvalue weighted by atomic mass is 16.5. The van der Waals surface area contributed by atoms with Crippen LogP contribution in [0.5, 0.6) is 0 Å². The zero-order valence-electron chi connectivity index (χ0n) is 11.9. The molecule has 1 aromatic heterocycles. The number of nitrogens with one attached hydrogen (secondary N) is 1. The molecule has 1 heterocycles. The lowest BCUT2D eigenvalue weighted by Gasteiger charge is -2.17. The Bertz CT molecular complexity index is 597. The van der Waals surface area contributed by atoms with Crippen molar-refractivity contribution in [2.45, 2.75) is 19.9 Å². The van der Waals surface area contributed by atoms with Crippen LogP contribution in [0.3, 0.4) is 0 Å². The molecule has 1 aromatic carbocycles. The molecule has 0 aliphatic heterocycles. The molecule has 0 aliphatic carbocycles. The second-order valence-corrected chi connectivity index (χ2v) is 4.67. The predicted molar refractivity (Wildman–Crippen MR) is 78.8 cm³/mol. The molecule has 0 spiro atoms. The summed E-state index contributed by atoms with van der Waals surface area (Å²) in [7, 11) is 1.38. The van der Waals surface area contributed by atoms with E-state index >= 15 is 0 Å². The Morgan fingerprint density at radius 3 is 2.80 bits per heavy atom. The molecular formula is C16H18N2O2. The van der Waals surface area contributed by atoms with Gasteiger partial charge in [0.05, 0.1) is 18.7 Å². The number of hydrogen-bond acceptors (Lipinski definition) is 4. The second-order valence-electron chi connectivity index (χ2n) is 4.67. The Hall–Kier alpha value is -2.36. The van der Waals surface area contributed by atoms with E-state index in [9.17, 15) is 4.79 Å². The average Bonchev–Trinajstić information content (AvgIpc) is 2.49. The van der Waals surface area contributed by atoms with Gasteiger partial charge in [0.2, 0.25) is 0 Å². The van der Waals surface area contributed by atoms with E-state index in [4.69, 9.17) is 4.74 Å². The molecule has 0 radical (unpaired) electrons. The first-order valence-electron chi connectivity index (χ1n) is 6.47. The standard InChI is InChI=1S/C16H18N2O2/c1-11-6-7-13(16(19)20-3)9-15(11)18-12(2)14-5-4-8-17-10-14/h4-10,12,18H,1-3H3. The molecule has 1 atom stereocenters. The van der Waals surface area contributed by atoms with Crippen molar-refractivity contribution < 1.29 is 9.53 Å².